The minimum Gasteiger partial charge on any atom is -0.428 e. The number of anilines is 1. The van der Waals surface area contributed by atoms with E-state index in [1.165, 1.54) is 16.9 Å². The first-order valence-electron chi connectivity index (χ1n) is 11.3. The minimum absolute atomic E-state index is 0.104. The number of aryl methyl sites for hydroxylation is 1. The Labute approximate surface area is 220 Å². The highest BCUT2D eigenvalue weighted by Gasteiger charge is 2.44. The molecule has 12 heteroatoms. The Bertz CT molecular complexity index is 1390. The second-order valence-corrected chi connectivity index (χ2v) is 8.81. The molecular weight excluding hydrogens is 526 g/mol. The lowest BCUT2D eigenvalue weighted by atomic mass is 9.80. The molecular formula is C26H22ClF4N5O2. The number of rotatable bonds is 9. The van der Waals surface area contributed by atoms with Gasteiger partial charge in [-0.3, -0.25) is 15.0 Å². The molecule has 2 aromatic carbocycles. The summed E-state index contributed by atoms with van der Waals surface area (Å²) >= 11 is 6.06. The van der Waals surface area contributed by atoms with Crippen LogP contribution in [0.15, 0.2) is 85.2 Å². The van der Waals surface area contributed by atoms with Gasteiger partial charge in [-0.05, 0) is 35.4 Å². The summed E-state index contributed by atoms with van der Waals surface area (Å²) in [4.78, 5) is 17.7. The summed E-state index contributed by atoms with van der Waals surface area (Å²) in [7, 11) is 1.68. The van der Waals surface area contributed by atoms with E-state index in [9.17, 15) is 22.4 Å². The zero-order valence-electron chi connectivity index (χ0n) is 19.9. The van der Waals surface area contributed by atoms with Crippen molar-refractivity contribution >= 4 is 23.4 Å². The highest BCUT2D eigenvalue weighted by atomic mass is 35.5. The van der Waals surface area contributed by atoms with E-state index in [4.69, 9.17) is 11.6 Å². The predicted molar refractivity (Wildman–Crippen MR) is 134 cm³/mol. The highest BCUT2D eigenvalue weighted by molar-refractivity contribution is 6.30. The molecule has 38 heavy (non-hydrogen) atoms. The molecule has 1 atom stereocenters. The maximum atomic E-state index is 13.7. The van der Waals surface area contributed by atoms with E-state index in [0.717, 1.165) is 17.7 Å². The van der Waals surface area contributed by atoms with Crippen LogP contribution in [0.5, 0.6) is 5.75 Å². The van der Waals surface area contributed by atoms with Crippen molar-refractivity contribution in [3.63, 3.8) is 0 Å². The molecule has 2 amide bonds. The number of aromatic nitrogens is 3. The summed E-state index contributed by atoms with van der Waals surface area (Å²) in [6, 6.07) is 18.3. The van der Waals surface area contributed by atoms with Gasteiger partial charge in [0.25, 0.3) is 0 Å². The van der Waals surface area contributed by atoms with Crippen LogP contribution >= 0.6 is 11.6 Å². The lowest BCUT2D eigenvalue weighted by Gasteiger charge is -2.35. The van der Waals surface area contributed by atoms with Gasteiger partial charge in [-0.1, -0.05) is 54.1 Å². The predicted octanol–water partition coefficient (Wildman–Crippen LogP) is 6.01. The first-order chi connectivity index (χ1) is 18.1. The maximum Gasteiger partial charge on any atom is 0.461 e. The average Bonchev–Trinajstić information content (AvgIpc) is 3.28. The fraction of sp³-hybridized carbons (Fsp3) is 0.192. The molecule has 4 rings (SSSR count). The van der Waals surface area contributed by atoms with E-state index in [0.29, 0.717) is 10.7 Å². The van der Waals surface area contributed by atoms with Crippen molar-refractivity contribution in [3.8, 4) is 5.75 Å². The normalized spacial score (nSPS) is 13.1. The van der Waals surface area contributed by atoms with E-state index in [1.54, 1.807) is 49.6 Å². The van der Waals surface area contributed by atoms with Gasteiger partial charge in [0.1, 0.15) is 11.3 Å². The Morgan fingerprint density at radius 2 is 1.84 bits per heavy atom. The van der Waals surface area contributed by atoms with Gasteiger partial charge in [-0.25, -0.2) is 4.79 Å². The molecule has 2 heterocycles. The molecule has 0 aliphatic carbocycles. The van der Waals surface area contributed by atoms with Crippen molar-refractivity contribution in [3.05, 3.63) is 107 Å². The van der Waals surface area contributed by atoms with Crippen molar-refractivity contribution in [2.45, 2.75) is 24.5 Å². The van der Waals surface area contributed by atoms with Crippen LogP contribution in [0.4, 0.5) is 28.2 Å². The Hall–Kier alpha value is -4.12. The van der Waals surface area contributed by atoms with E-state index in [2.05, 4.69) is 25.5 Å². The van der Waals surface area contributed by atoms with Crippen LogP contribution < -0.4 is 15.4 Å². The zero-order chi connectivity index (χ0) is 27.3. The largest absolute Gasteiger partial charge is 0.461 e. The van der Waals surface area contributed by atoms with Crippen LogP contribution in [0.25, 0.3) is 0 Å². The second kappa shape index (κ2) is 11.1. The standard InChI is InChI=1S/C26H22ClF4N5O2/c1-36-13-12-22(35-36)33-24(37)34-25(15-17-6-3-2-4-7-17,21-11-10-19(27)16-32-21)18-8-5-9-20(14-18)38-26(30,31)23(28)29/h2-14,16,23H,15H2,1H3,(H2,33,34,35,37)/t25-/m0/s1. The zero-order valence-corrected chi connectivity index (χ0v) is 20.7. The number of carbonyl (C=O) groups is 1. The van der Waals surface area contributed by atoms with Crippen LogP contribution in [0.2, 0.25) is 5.02 Å². The fourth-order valence-electron chi connectivity index (χ4n) is 3.90. The van der Waals surface area contributed by atoms with Crippen molar-refractivity contribution in [2.75, 3.05) is 5.32 Å². The first kappa shape index (κ1) is 26.9. The van der Waals surface area contributed by atoms with Gasteiger partial charge in [0.15, 0.2) is 5.82 Å². The molecule has 0 radical (unpaired) electrons. The van der Waals surface area contributed by atoms with Crippen LogP contribution in [0.1, 0.15) is 16.8 Å². The third kappa shape index (κ3) is 6.23. The summed E-state index contributed by atoms with van der Waals surface area (Å²) in [5.74, 6) is -0.262. The van der Waals surface area contributed by atoms with Crippen LogP contribution in [-0.4, -0.2) is 33.3 Å². The number of nitrogens with one attached hydrogen (secondary N) is 2. The number of benzene rings is 2. The molecule has 0 unspecified atom stereocenters. The summed E-state index contributed by atoms with van der Waals surface area (Å²) in [5, 5.41) is 10.00. The summed E-state index contributed by atoms with van der Waals surface area (Å²) in [6.07, 6.45) is -5.64. The van der Waals surface area contributed by atoms with Crippen molar-refractivity contribution in [1.82, 2.24) is 20.1 Å². The molecule has 0 saturated carbocycles. The smallest absolute Gasteiger partial charge is 0.428 e. The molecule has 2 N–H and O–H groups in total. The Morgan fingerprint density at radius 1 is 1.08 bits per heavy atom. The quantitative estimate of drug-likeness (QED) is 0.251. The topological polar surface area (TPSA) is 81.1 Å². The Morgan fingerprint density at radius 3 is 2.47 bits per heavy atom. The second-order valence-electron chi connectivity index (χ2n) is 8.38. The third-order valence-corrected chi connectivity index (χ3v) is 5.82. The fourth-order valence-corrected chi connectivity index (χ4v) is 4.01. The molecule has 198 valence electrons. The SMILES string of the molecule is Cn1ccc(NC(=O)N[C@@](Cc2ccccc2)(c2cccc(OC(F)(F)C(F)F)c2)c2ccc(Cl)cn2)n1. The number of ether oxygens (including phenoxy) is 1. The number of nitrogens with zero attached hydrogens (tertiary/aromatic N) is 3. The molecule has 0 aliphatic rings. The van der Waals surface area contributed by atoms with Gasteiger partial charge in [-0.2, -0.15) is 22.7 Å². The number of alkyl halides is 4. The first-order valence-corrected chi connectivity index (χ1v) is 11.7. The molecule has 4 aromatic rings. The van der Waals surface area contributed by atoms with Gasteiger partial charge < -0.3 is 10.1 Å². The van der Waals surface area contributed by atoms with Gasteiger partial charge in [0.2, 0.25) is 0 Å². The number of urea groups is 1. The van der Waals surface area contributed by atoms with Crippen LogP contribution in [0.3, 0.4) is 0 Å². The molecule has 0 bridgehead atoms. The minimum atomic E-state index is -4.72. The number of halogens is 5. The summed E-state index contributed by atoms with van der Waals surface area (Å²) < 4.78 is 59.0. The Balaban J connectivity index is 1.84. The average molecular weight is 548 g/mol. The van der Waals surface area contributed by atoms with Gasteiger partial charge in [0.05, 0.1) is 10.7 Å². The number of hydrogen-bond donors (Lipinski definition) is 2. The third-order valence-electron chi connectivity index (χ3n) is 5.59. The summed E-state index contributed by atoms with van der Waals surface area (Å²) in [5.41, 5.74) is -0.175. The van der Waals surface area contributed by atoms with Crippen molar-refractivity contribution in [1.29, 1.82) is 0 Å². The maximum absolute atomic E-state index is 13.7. The summed E-state index contributed by atoms with van der Waals surface area (Å²) in [6.45, 7) is 0. The number of pyridine rings is 1. The van der Waals surface area contributed by atoms with E-state index in [1.807, 2.05) is 18.2 Å². The Kier molecular flexibility index (Phi) is 7.86. The molecule has 0 fully saturated rings. The number of amides is 2. The van der Waals surface area contributed by atoms with Gasteiger partial charge in [0, 0.05) is 31.9 Å². The molecule has 0 saturated heterocycles. The van der Waals surface area contributed by atoms with Gasteiger partial charge >= 0.3 is 18.6 Å². The van der Waals surface area contributed by atoms with E-state index < -0.39 is 29.9 Å². The van der Waals surface area contributed by atoms with Gasteiger partial charge in [-0.15, -0.1) is 0 Å². The highest BCUT2D eigenvalue weighted by Crippen LogP contribution is 2.36. The lowest BCUT2D eigenvalue weighted by Crippen LogP contribution is -2.50. The van der Waals surface area contributed by atoms with E-state index >= 15 is 0 Å². The van der Waals surface area contributed by atoms with E-state index in [-0.39, 0.29) is 17.8 Å². The van der Waals surface area contributed by atoms with Crippen LogP contribution in [-0.2, 0) is 19.0 Å². The monoisotopic (exact) mass is 547 g/mol. The molecule has 0 aliphatic heterocycles. The number of hydrogen-bond acceptors (Lipinski definition) is 4. The van der Waals surface area contributed by atoms with Crippen molar-refractivity contribution in [2.24, 2.45) is 7.05 Å². The molecule has 2 aromatic heterocycles. The van der Waals surface area contributed by atoms with Crippen molar-refractivity contribution < 1.29 is 27.1 Å². The lowest BCUT2D eigenvalue weighted by molar-refractivity contribution is -0.253. The molecule has 7 nitrogen and oxygen atoms in total. The number of carbonyl (C=O) groups excluding carboxylic acids is 1. The molecule has 0 spiro atoms. The van der Waals surface area contributed by atoms with Crippen LogP contribution in [0, 0.1) is 0 Å².